The first-order valence-electron chi connectivity index (χ1n) is 4.90. The lowest BCUT2D eigenvalue weighted by Gasteiger charge is -2.06. The van der Waals surface area contributed by atoms with E-state index < -0.39 is 22.5 Å². The van der Waals surface area contributed by atoms with Gasteiger partial charge in [0.2, 0.25) is 10.0 Å². The Balaban J connectivity index is 2.24. The average molecular weight is 257 g/mol. The van der Waals surface area contributed by atoms with Gasteiger partial charge in [0.05, 0.1) is 18.1 Å². The molecule has 0 radical (unpaired) electrons. The van der Waals surface area contributed by atoms with Gasteiger partial charge in [-0.25, -0.2) is 8.42 Å². The first kappa shape index (κ1) is 12.0. The SMILES string of the molecule is O=C(O)CNS(=O)(=O)c1ccc2c(c1)COC2. The van der Waals surface area contributed by atoms with Crippen LogP contribution in [0.2, 0.25) is 0 Å². The molecule has 1 aromatic rings. The minimum atomic E-state index is -3.76. The Kier molecular flexibility index (Phi) is 3.14. The maximum absolute atomic E-state index is 11.7. The summed E-state index contributed by atoms with van der Waals surface area (Å²) in [4.78, 5) is 10.4. The fraction of sp³-hybridized carbons (Fsp3) is 0.300. The molecule has 1 aliphatic rings. The van der Waals surface area contributed by atoms with E-state index in [1.54, 1.807) is 6.07 Å². The summed E-state index contributed by atoms with van der Waals surface area (Å²) in [5, 5.41) is 8.43. The zero-order valence-corrected chi connectivity index (χ0v) is 9.66. The van der Waals surface area contributed by atoms with Crippen LogP contribution in [0.1, 0.15) is 11.1 Å². The van der Waals surface area contributed by atoms with Gasteiger partial charge in [-0.3, -0.25) is 4.79 Å². The van der Waals surface area contributed by atoms with Crippen LogP contribution in [0, 0.1) is 0 Å². The molecule has 0 saturated carbocycles. The Hall–Kier alpha value is -1.44. The number of benzene rings is 1. The van der Waals surface area contributed by atoms with E-state index in [2.05, 4.69) is 0 Å². The molecule has 7 heteroatoms. The van der Waals surface area contributed by atoms with Crippen LogP contribution in [0.25, 0.3) is 0 Å². The fourth-order valence-electron chi connectivity index (χ4n) is 1.56. The lowest BCUT2D eigenvalue weighted by Crippen LogP contribution is -2.29. The molecule has 92 valence electrons. The zero-order valence-electron chi connectivity index (χ0n) is 8.84. The summed E-state index contributed by atoms with van der Waals surface area (Å²) in [6.45, 7) is 0.242. The lowest BCUT2D eigenvalue weighted by molar-refractivity contribution is -0.135. The molecule has 0 aliphatic carbocycles. The summed E-state index contributed by atoms with van der Waals surface area (Å²) in [6.07, 6.45) is 0. The second-order valence-corrected chi connectivity index (χ2v) is 5.41. The third-order valence-electron chi connectivity index (χ3n) is 2.42. The van der Waals surface area contributed by atoms with E-state index in [1.807, 2.05) is 4.72 Å². The van der Waals surface area contributed by atoms with Crippen molar-refractivity contribution in [2.75, 3.05) is 6.54 Å². The van der Waals surface area contributed by atoms with Crippen LogP contribution in [0.5, 0.6) is 0 Å². The first-order chi connectivity index (χ1) is 7.99. The molecular formula is C10H11NO5S. The summed E-state index contributed by atoms with van der Waals surface area (Å²) >= 11 is 0. The van der Waals surface area contributed by atoms with Gasteiger partial charge in [0, 0.05) is 0 Å². The highest BCUT2D eigenvalue weighted by atomic mass is 32.2. The minimum Gasteiger partial charge on any atom is -0.480 e. The van der Waals surface area contributed by atoms with Crippen molar-refractivity contribution in [3.63, 3.8) is 0 Å². The molecule has 1 heterocycles. The van der Waals surface area contributed by atoms with Crippen molar-refractivity contribution in [3.05, 3.63) is 29.3 Å². The number of fused-ring (bicyclic) bond motifs is 1. The zero-order chi connectivity index (χ0) is 12.5. The molecule has 2 N–H and O–H groups in total. The molecule has 0 atom stereocenters. The predicted molar refractivity (Wildman–Crippen MR) is 57.8 cm³/mol. The number of aliphatic carboxylic acids is 1. The van der Waals surface area contributed by atoms with Crippen LogP contribution in [-0.4, -0.2) is 26.0 Å². The average Bonchev–Trinajstić information content (AvgIpc) is 2.73. The molecule has 0 spiro atoms. The Morgan fingerprint density at radius 2 is 2.06 bits per heavy atom. The molecule has 0 unspecified atom stereocenters. The number of hydrogen-bond donors (Lipinski definition) is 2. The Bertz CT molecular complexity index is 552. The van der Waals surface area contributed by atoms with Crippen LogP contribution in [0.3, 0.4) is 0 Å². The second kappa shape index (κ2) is 4.44. The van der Waals surface area contributed by atoms with Crippen molar-refractivity contribution in [1.29, 1.82) is 0 Å². The summed E-state index contributed by atoms with van der Waals surface area (Å²) < 4.78 is 30.6. The molecular weight excluding hydrogens is 246 g/mol. The number of hydrogen-bond acceptors (Lipinski definition) is 4. The Labute approximate surface area is 98.3 Å². The third kappa shape index (κ3) is 2.63. The molecule has 0 saturated heterocycles. The van der Waals surface area contributed by atoms with E-state index >= 15 is 0 Å². The van der Waals surface area contributed by atoms with Crippen LogP contribution >= 0.6 is 0 Å². The number of sulfonamides is 1. The lowest BCUT2D eigenvalue weighted by atomic mass is 10.1. The molecule has 0 amide bonds. The summed E-state index contributed by atoms with van der Waals surface area (Å²) in [5.74, 6) is -1.22. The maximum Gasteiger partial charge on any atom is 0.318 e. The van der Waals surface area contributed by atoms with E-state index in [0.29, 0.717) is 13.2 Å². The second-order valence-electron chi connectivity index (χ2n) is 3.64. The van der Waals surface area contributed by atoms with E-state index in [0.717, 1.165) is 11.1 Å². The standard InChI is InChI=1S/C10H11NO5S/c12-10(13)4-11-17(14,15)9-2-1-7-5-16-6-8(7)3-9/h1-3,11H,4-6H2,(H,12,13). The molecule has 0 fully saturated rings. The smallest absolute Gasteiger partial charge is 0.318 e. The van der Waals surface area contributed by atoms with E-state index in [-0.39, 0.29) is 4.90 Å². The number of ether oxygens (including phenoxy) is 1. The van der Waals surface area contributed by atoms with Crippen molar-refractivity contribution in [1.82, 2.24) is 4.72 Å². The third-order valence-corrected chi connectivity index (χ3v) is 3.82. The van der Waals surface area contributed by atoms with Crippen molar-refractivity contribution in [3.8, 4) is 0 Å². The highest BCUT2D eigenvalue weighted by Gasteiger charge is 2.19. The van der Waals surface area contributed by atoms with Crippen molar-refractivity contribution >= 4 is 16.0 Å². The van der Waals surface area contributed by atoms with Crippen molar-refractivity contribution in [2.45, 2.75) is 18.1 Å². The molecule has 0 bridgehead atoms. The van der Waals surface area contributed by atoms with Gasteiger partial charge in [0.1, 0.15) is 6.54 Å². The van der Waals surface area contributed by atoms with Crippen molar-refractivity contribution in [2.24, 2.45) is 0 Å². The van der Waals surface area contributed by atoms with E-state index in [4.69, 9.17) is 9.84 Å². The molecule has 2 rings (SSSR count). The quantitative estimate of drug-likeness (QED) is 0.796. The Morgan fingerprint density at radius 1 is 1.35 bits per heavy atom. The summed E-state index contributed by atoms with van der Waals surface area (Å²) in [6, 6.07) is 4.63. The van der Waals surface area contributed by atoms with Gasteiger partial charge in [-0.15, -0.1) is 0 Å². The summed E-state index contributed by atoms with van der Waals surface area (Å²) in [5.41, 5.74) is 1.78. The van der Waals surface area contributed by atoms with Gasteiger partial charge < -0.3 is 9.84 Å². The fourth-order valence-corrected chi connectivity index (χ4v) is 2.58. The molecule has 1 aromatic carbocycles. The van der Waals surface area contributed by atoms with Crippen LogP contribution in [0.15, 0.2) is 23.1 Å². The topological polar surface area (TPSA) is 92.7 Å². The minimum absolute atomic E-state index is 0.0583. The number of rotatable bonds is 4. The maximum atomic E-state index is 11.7. The van der Waals surface area contributed by atoms with E-state index in [1.165, 1.54) is 12.1 Å². The largest absolute Gasteiger partial charge is 0.480 e. The molecule has 0 aromatic heterocycles. The van der Waals surface area contributed by atoms with Crippen LogP contribution < -0.4 is 4.72 Å². The van der Waals surface area contributed by atoms with Crippen LogP contribution in [-0.2, 0) is 32.8 Å². The van der Waals surface area contributed by atoms with Crippen molar-refractivity contribution < 1.29 is 23.1 Å². The van der Waals surface area contributed by atoms with Gasteiger partial charge in [0.25, 0.3) is 0 Å². The van der Waals surface area contributed by atoms with Gasteiger partial charge in [-0.1, -0.05) is 6.07 Å². The molecule has 17 heavy (non-hydrogen) atoms. The van der Waals surface area contributed by atoms with Crippen LogP contribution in [0.4, 0.5) is 0 Å². The van der Waals surface area contributed by atoms with Gasteiger partial charge in [-0.2, -0.15) is 4.72 Å². The molecule has 1 aliphatic heterocycles. The number of carboxylic acids is 1. The highest BCUT2D eigenvalue weighted by Crippen LogP contribution is 2.22. The molecule has 6 nitrogen and oxygen atoms in total. The van der Waals surface area contributed by atoms with Gasteiger partial charge in [-0.05, 0) is 23.3 Å². The predicted octanol–water partition coefficient (Wildman–Crippen LogP) is 0.0797. The Morgan fingerprint density at radius 3 is 2.76 bits per heavy atom. The van der Waals surface area contributed by atoms with Gasteiger partial charge >= 0.3 is 5.97 Å². The summed E-state index contributed by atoms with van der Waals surface area (Å²) in [7, 11) is -3.76. The van der Waals surface area contributed by atoms with Gasteiger partial charge in [0.15, 0.2) is 0 Å². The highest BCUT2D eigenvalue weighted by molar-refractivity contribution is 7.89. The number of carbonyl (C=O) groups is 1. The normalized spacial score (nSPS) is 14.6. The van der Waals surface area contributed by atoms with E-state index in [9.17, 15) is 13.2 Å². The number of nitrogens with one attached hydrogen (secondary N) is 1. The first-order valence-corrected chi connectivity index (χ1v) is 6.38. The number of carboxylic acid groups (broad SMARTS) is 1. The monoisotopic (exact) mass is 257 g/mol.